The summed E-state index contributed by atoms with van der Waals surface area (Å²) in [5.41, 5.74) is 8.25. The molecule has 0 radical (unpaired) electrons. The molecule has 2 rings (SSSR count). The minimum Gasteiger partial charge on any atom is -0.409 e. The highest BCUT2D eigenvalue weighted by Gasteiger charge is 2.19. The predicted octanol–water partition coefficient (Wildman–Crippen LogP) is 4.22. The maximum absolute atomic E-state index is 8.73. The second-order valence-electron chi connectivity index (χ2n) is 4.11. The van der Waals surface area contributed by atoms with E-state index in [4.69, 9.17) is 34.1 Å². The summed E-state index contributed by atoms with van der Waals surface area (Å²) in [5, 5.41) is 12.2. The van der Waals surface area contributed by atoms with E-state index in [0.717, 1.165) is 11.1 Å². The van der Waals surface area contributed by atoms with Crippen molar-refractivity contribution < 1.29 is 5.21 Å². The van der Waals surface area contributed by atoms with Crippen molar-refractivity contribution in [1.29, 1.82) is 0 Å². The van der Waals surface area contributed by atoms with Gasteiger partial charge in [-0.05, 0) is 28.4 Å². The fourth-order valence-electron chi connectivity index (χ4n) is 1.77. The maximum Gasteiger partial charge on any atom is 0.190 e. The predicted molar refractivity (Wildman–Crippen MR) is 84.6 cm³/mol. The van der Waals surface area contributed by atoms with Crippen molar-refractivity contribution in [1.82, 2.24) is 4.98 Å². The third-order valence-corrected chi connectivity index (χ3v) is 4.35. The number of pyridine rings is 1. The van der Waals surface area contributed by atoms with Crippen LogP contribution in [0.3, 0.4) is 0 Å². The Morgan fingerprint density at radius 2 is 2.10 bits per heavy atom. The molecule has 0 aliphatic rings. The van der Waals surface area contributed by atoms with Gasteiger partial charge in [0.15, 0.2) is 5.84 Å². The molecule has 104 valence electrons. The average Bonchev–Trinajstić information content (AvgIpc) is 2.42. The fraction of sp³-hybridized carbons (Fsp3) is 0.0769. The van der Waals surface area contributed by atoms with Crippen LogP contribution in [0, 0.1) is 6.92 Å². The standard InChI is InChI=1S/C13H10BrCl2N3O/c1-6-3-2-4-7(5-6)8-10(15)9(14)11(13(17)19-20)18-12(8)16/h2-5,20H,1H3,(H2,17,19). The molecule has 1 aromatic carbocycles. The number of nitrogens with zero attached hydrogens (tertiary/aromatic N) is 2. The topological polar surface area (TPSA) is 71.5 Å². The number of rotatable bonds is 2. The van der Waals surface area contributed by atoms with Crippen LogP contribution in [-0.4, -0.2) is 16.0 Å². The fourth-order valence-corrected chi connectivity index (χ4v) is 2.89. The molecule has 2 aromatic rings. The molecular weight excluding hydrogens is 365 g/mol. The lowest BCUT2D eigenvalue weighted by Crippen LogP contribution is -2.16. The van der Waals surface area contributed by atoms with Gasteiger partial charge in [-0.1, -0.05) is 58.2 Å². The normalized spacial score (nSPS) is 11.7. The molecule has 0 saturated carbocycles. The van der Waals surface area contributed by atoms with Crippen molar-refractivity contribution >= 4 is 45.0 Å². The Bertz CT molecular complexity index is 704. The number of benzene rings is 1. The summed E-state index contributed by atoms with van der Waals surface area (Å²) in [5.74, 6) is -0.170. The molecule has 0 saturated heterocycles. The summed E-state index contributed by atoms with van der Waals surface area (Å²) < 4.78 is 0.426. The molecule has 0 aliphatic carbocycles. The van der Waals surface area contributed by atoms with Gasteiger partial charge >= 0.3 is 0 Å². The number of nitrogens with two attached hydrogens (primary N) is 1. The molecule has 1 aromatic heterocycles. The van der Waals surface area contributed by atoms with E-state index in [0.29, 0.717) is 15.1 Å². The second-order valence-corrected chi connectivity index (χ2v) is 5.64. The Hall–Kier alpha value is -1.30. The molecule has 4 nitrogen and oxygen atoms in total. The number of halogens is 3. The van der Waals surface area contributed by atoms with Gasteiger partial charge in [-0.25, -0.2) is 4.98 Å². The lowest BCUT2D eigenvalue weighted by atomic mass is 10.0. The summed E-state index contributed by atoms with van der Waals surface area (Å²) in [7, 11) is 0. The van der Waals surface area contributed by atoms with Gasteiger partial charge in [-0.3, -0.25) is 0 Å². The Morgan fingerprint density at radius 1 is 1.40 bits per heavy atom. The van der Waals surface area contributed by atoms with Crippen molar-refractivity contribution in [3.05, 3.63) is 50.2 Å². The van der Waals surface area contributed by atoms with Crippen LogP contribution in [0.1, 0.15) is 11.3 Å². The summed E-state index contributed by atoms with van der Waals surface area (Å²) in [6.07, 6.45) is 0. The van der Waals surface area contributed by atoms with Crippen LogP contribution in [0.15, 0.2) is 33.9 Å². The third-order valence-electron chi connectivity index (χ3n) is 2.69. The molecule has 0 unspecified atom stereocenters. The van der Waals surface area contributed by atoms with Gasteiger partial charge in [0.25, 0.3) is 0 Å². The largest absolute Gasteiger partial charge is 0.409 e. The van der Waals surface area contributed by atoms with Crippen LogP contribution >= 0.6 is 39.1 Å². The molecule has 1 heterocycles. The number of aryl methyl sites for hydroxylation is 1. The van der Waals surface area contributed by atoms with Crippen molar-refractivity contribution in [3.63, 3.8) is 0 Å². The number of oxime groups is 1. The van der Waals surface area contributed by atoms with Crippen LogP contribution in [0.25, 0.3) is 11.1 Å². The minimum atomic E-state index is -0.170. The number of aromatic nitrogens is 1. The van der Waals surface area contributed by atoms with E-state index in [1.54, 1.807) is 0 Å². The second kappa shape index (κ2) is 5.99. The Morgan fingerprint density at radius 3 is 2.70 bits per heavy atom. The first-order valence-corrected chi connectivity index (χ1v) is 7.10. The van der Waals surface area contributed by atoms with E-state index in [2.05, 4.69) is 26.1 Å². The Balaban J connectivity index is 2.71. The summed E-state index contributed by atoms with van der Waals surface area (Å²) in [4.78, 5) is 4.13. The highest BCUT2D eigenvalue weighted by molar-refractivity contribution is 9.10. The monoisotopic (exact) mass is 373 g/mol. The van der Waals surface area contributed by atoms with Gasteiger partial charge in [-0.15, -0.1) is 0 Å². The van der Waals surface area contributed by atoms with E-state index < -0.39 is 0 Å². The SMILES string of the molecule is Cc1cccc(-c2c(Cl)nc(/C(N)=N/O)c(Br)c2Cl)c1. The van der Waals surface area contributed by atoms with Crippen LogP contribution in [0.5, 0.6) is 0 Å². The highest BCUT2D eigenvalue weighted by atomic mass is 79.9. The smallest absolute Gasteiger partial charge is 0.190 e. The summed E-state index contributed by atoms with van der Waals surface area (Å²) in [6, 6.07) is 7.71. The molecule has 0 fully saturated rings. The molecule has 7 heteroatoms. The molecule has 0 spiro atoms. The zero-order valence-electron chi connectivity index (χ0n) is 10.4. The first kappa shape index (κ1) is 15.1. The molecule has 0 aliphatic heterocycles. The average molecular weight is 375 g/mol. The van der Waals surface area contributed by atoms with E-state index in [-0.39, 0.29) is 16.7 Å². The molecular formula is C13H10BrCl2N3O. The van der Waals surface area contributed by atoms with Gasteiger partial charge in [0.2, 0.25) is 0 Å². The third kappa shape index (κ3) is 2.75. The van der Waals surface area contributed by atoms with Gasteiger partial charge in [-0.2, -0.15) is 0 Å². The van der Waals surface area contributed by atoms with E-state index in [1.807, 2.05) is 31.2 Å². The zero-order chi connectivity index (χ0) is 14.9. The van der Waals surface area contributed by atoms with Gasteiger partial charge in [0.05, 0.1) is 9.50 Å². The summed E-state index contributed by atoms with van der Waals surface area (Å²) in [6.45, 7) is 1.97. The van der Waals surface area contributed by atoms with Crippen molar-refractivity contribution in [2.24, 2.45) is 10.9 Å². The zero-order valence-corrected chi connectivity index (χ0v) is 13.5. The van der Waals surface area contributed by atoms with Crippen molar-refractivity contribution in [2.75, 3.05) is 0 Å². The van der Waals surface area contributed by atoms with Crippen LogP contribution in [0.4, 0.5) is 0 Å². The van der Waals surface area contributed by atoms with Gasteiger partial charge in [0, 0.05) is 5.56 Å². The quantitative estimate of drug-likeness (QED) is 0.272. The van der Waals surface area contributed by atoms with Crippen molar-refractivity contribution in [3.8, 4) is 11.1 Å². The Labute approximate surface area is 134 Å². The van der Waals surface area contributed by atoms with Crippen LogP contribution in [0.2, 0.25) is 10.2 Å². The van der Waals surface area contributed by atoms with Gasteiger partial charge in [0.1, 0.15) is 10.8 Å². The first-order chi connectivity index (χ1) is 9.45. The number of hydrogen-bond acceptors (Lipinski definition) is 3. The van der Waals surface area contributed by atoms with E-state index in [1.165, 1.54) is 0 Å². The number of amidine groups is 1. The molecule has 3 N–H and O–H groups in total. The minimum absolute atomic E-state index is 0.170. The van der Waals surface area contributed by atoms with Gasteiger partial charge < -0.3 is 10.9 Å². The molecule has 0 bridgehead atoms. The van der Waals surface area contributed by atoms with E-state index in [9.17, 15) is 0 Å². The highest BCUT2D eigenvalue weighted by Crippen LogP contribution is 2.39. The van der Waals surface area contributed by atoms with Crippen LogP contribution in [-0.2, 0) is 0 Å². The molecule has 20 heavy (non-hydrogen) atoms. The molecule has 0 atom stereocenters. The Kier molecular flexibility index (Phi) is 4.52. The van der Waals surface area contributed by atoms with Crippen molar-refractivity contribution in [2.45, 2.75) is 6.92 Å². The maximum atomic E-state index is 8.73. The lowest BCUT2D eigenvalue weighted by molar-refractivity contribution is 0.318. The first-order valence-electron chi connectivity index (χ1n) is 5.55. The summed E-state index contributed by atoms with van der Waals surface area (Å²) >= 11 is 15.8. The lowest BCUT2D eigenvalue weighted by Gasteiger charge is -2.12. The molecule has 0 amide bonds. The van der Waals surface area contributed by atoms with Crippen LogP contribution < -0.4 is 5.73 Å². The van der Waals surface area contributed by atoms with E-state index >= 15 is 0 Å². The number of hydrogen-bond donors (Lipinski definition) is 2.